The Kier molecular flexibility index (Phi) is 7.89. The number of carbonyl (C=O) groups excluding carboxylic acids is 1. The predicted molar refractivity (Wildman–Crippen MR) is 82.9 cm³/mol. The second-order valence-corrected chi connectivity index (χ2v) is 4.54. The molecule has 116 valence electrons. The maximum absolute atomic E-state index is 11.9. The lowest BCUT2D eigenvalue weighted by molar-refractivity contribution is -0.136. The van der Waals surface area contributed by atoms with Gasteiger partial charge < -0.3 is 18.4 Å². The SMILES string of the molecule is C=C(C(=O)OCC)c1c(COSC)cccc1OCOC. The summed E-state index contributed by atoms with van der Waals surface area (Å²) >= 11 is 1.25. The van der Waals surface area contributed by atoms with Crippen molar-refractivity contribution in [3.63, 3.8) is 0 Å². The van der Waals surface area contributed by atoms with E-state index in [9.17, 15) is 4.79 Å². The first kappa shape index (κ1) is 17.6. The third-order valence-electron chi connectivity index (χ3n) is 2.60. The first-order chi connectivity index (χ1) is 10.2. The molecule has 1 rings (SSSR count). The molecule has 0 spiro atoms. The van der Waals surface area contributed by atoms with Crippen molar-refractivity contribution < 1.29 is 23.2 Å². The third kappa shape index (κ3) is 5.08. The lowest BCUT2D eigenvalue weighted by Gasteiger charge is -2.16. The molecule has 0 radical (unpaired) electrons. The summed E-state index contributed by atoms with van der Waals surface area (Å²) in [7, 11) is 1.53. The van der Waals surface area contributed by atoms with E-state index in [-0.39, 0.29) is 19.0 Å². The van der Waals surface area contributed by atoms with E-state index < -0.39 is 5.97 Å². The molecule has 21 heavy (non-hydrogen) atoms. The number of hydrogen-bond acceptors (Lipinski definition) is 6. The van der Waals surface area contributed by atoms with E-state index in [1.807, 2.05) is 18.4 Å². The van der Waals surface area contributed by atoms with Gasteiger partial charge in [-0.2, -0.15) is 0 Å². The minimum atomic E-state index is -0.476. The standard InChI is InChI=1S/C15H20O5S/c1-5-18-15(16)11(2)14-12(9-20-21-4)7-6-8-13(14)19-10-17-3/h6-8H,2,5,9-10H2,1,3-4H3. The van der Waals surface area contributed by atoms with Gasteiger partial charge in [0.2, 0.25) is 0 Å². The molecule has 6 heteroatoms. The van der Waals surface area contributed by atoms with E-state index in [4.69, 9.17) is 18.4 Å². The molecule has 0 heterocycles. The fourth-order valence-electron chi connectivity index (χ4n) is 1.72. The normalized spacial score (nSPS) is 10.2. The first-order valence-corrected chi connectivity index (χ1v) is 7.56. The van der Waals surface area contributed by atoms with Gasteiger partial charge in [-0.25, -0.2) is 4.79 Å². The second kappa shape index (κ2) is 9.44. The van der Waals surface area contributed by atoms with Gasteiger partial charge >= 0.3 is 5.97 Å². The summed E-state index contributed by atoms with van der Waals surface area (Å²) in [5, 5.41) is 0. The molecule has 1 aromatic carbocycles. The summed E-state index contributed by atoms with van der Waals surface area (Å²) in [5.41, 5.74) is 1.63. The molecule has 1 aromatic rings. The molecule has 5 nitrogen and oxygen atoms in total. The van der Waals surface area contributed by atoms with Crippen molar-refractivity contribution in [2.45, 2.75) is 13.5 Å². The van der Waals surface area contributed by atoms with Crippen LogP contribution >= 0.6 is 12.0 Å². The number of methoxy groups -OCH3 is 1. The van der Waals surface area contributed by atoms with Crippen LogP contribution < -0.4 is 4.74 Å². The number of rotatable bonds is 9. The van der Waals surface area contributed by atoms with Gasteiger partial charge in [-0.1, -0.05) is 18.7 Å². The maximum atomic E-state index is 11.9. The zero-order valence-electron chi connectivity index (χ0n) is 12.5. The van der Waals surface area contributed by atoms with Gasteiger partial charge in [-0.05, 0) is 30.6 Å². The van der Waals surface area contributed by atoms with Crippen molar-refractivity contribution in [2.24, 2.45) is 0 Å². The molecule has 0 bridgehead atoms. The zero-order chi connectivity index (χ0) is 15.7. The van der Waals surface area contributed by atoms with Crippen molar-refractivity contribution in [2.75, 3.05) is 26.8 Å². The van der Waals surface area contributed by atoms with E-state index in [1.165, 1.54) is 19.2 Å². The summed E-state index contributed by atoms with van der Waals surface area (Å²) in [6.45, 7) is 6.27. The summed E-state index contributed by atoms with van der Waals surface area (Å²) in [6.07, 6.45) is 1.82. The van der Waals surface area contributed by atoms with Gasteiger partial charge in [0.25, 0.3) is 0 Å². The average molecular weight is 312 g/mol. The second-order valence-electron chi connectivity index (χ2n) is 3.97. The highest BCUT2D eigenvalue weighted by molar-refractivity contribution is 7.93. The van der Waals surface area contributed by atoms with Crippen molar-refractivity contribution in [3.05, 3.63) is 35.9 Å². The number of ether oxygens (including phenoxy) is 3. The molecular formula is C15H20O5S. The molecule has 0 aliphatic rings. The molecule has 0 atom stereocenters. The van der Waals surface area contributed by atoms with E-state index in [2.05, 4.69) is 6.58 Å². The van der Waals surface area contributed by atoms with E-state index in [0.717, 1.165) is 5.56 Å². The van der Waals surface area contributed by atoms with Crippen molar-refractivity contribution in [1.29, 1.82) is 0 Å². The smallest absolute Gasteiger partial charge is 0.338 e. The van der Waals surface area contributed by atoms with Crippen LogP contribution in [-0.4, -0.2) is 32.7 Å². The molecule has 0 N–H and O–H groups in total. The van der Waals surface area contributed by atoms with Crippen molar-refractivity contribution >= 4 is 23.6 Å². The molecule has 0 aliphatic heterocycles. The molecule has 0 unspecified atom stereocenters. The van der Waals surface area contributed by atoms with Gasteiger partial charge in [0, 0.05) is 18.9 Å². The Balaban J connectivity index is 3.14. The molecule has 0 aromatic heterocycles. The van der Waals surface area contributed by atoms with Crippen LogP contribution in [0.5, 0.6) is 5.75 Å². The largest absolute Gasteiger partial charge is 0.467 e. The highest BCUT2D eigenvalue weighted by Crippen LogP contribution is 2.31. The number of benzene rings is 1. The van der Waals surface area contributed by atoms with Crippen LogP contribution in [-0.2, 0) is 25.1 Å². The molecule has 0 amide bonds. The van der Waals surface area contributed by atoms with Crippen LogP contribution in [0.1, 0.15) is 18.1 Å². The average Bonchev–Trinajstić information content (AvgIpc) is 2.50. The quantitative estimate of drug-likeness (QED) is 0.302. The molecule has 0 aliphatic carbocycles. The highest BCUT2D eigenvalue weighted by atomic mass is 32.2. The third-order valence-corrected chi connectivity index (χ3v) is 2.95. The van der Waals surface area contributed by atoms with Gasteiger partial charge in [-0.15, -0.1) is 0 Å². The highest BCUT2D eigenvalue weighted by Gasteiger charge is 2.19. The molecule has 0 saturated carbocycles. The van der Waals surface area contributed by atoms with Crippen LogP contribution in [0, 0.1) is 0 Å². The number of hydrogen-bond donors (Lipinski definition) is 0. The lowest BCUT2D eigenvalue weighted by Crippen LogP contribution is -2.10. The van der Waals surface area contributed by atoms with Crippen molar-refractivity contribution in [1.82, 2.24) is 0 Å². The van der Waals surface area contributed by atoms with Gasteiger partial charge in [-0.3, -0.25) is 0 Å². The van der Waals surface area contributed by atoms with Crippen LogP contribution in [0.15, 0.2) is 24.8 Å². The van der Waals surface area contributed by atoms with Gasteiger partial charge in [0.15, 0.2) is 6.79 Å². The van der Waals surface area contributed by atoms with Crippen LogP contribution in [0.25, 0.3) is 5.57 Å². The summed E-state index contributed by atoms with van der Waals surface area (Å²) < 4.78 is 20.8. The van der Waals surface area contributed by atoms with Crippen LogP contribution in [0.4, 0.5) is 0 Å². The van der Waals surface area contributed by atoms with E-state index in [1.54, 1.807) is 13.0 Å². The van der Waals surface area contributed by atoms with Gasteiger partial charge in [0.1, 0.15) is 5.75 Å². The fraction of sp³-hybridized carbons (Fsp3) is 0.400. The topological polar surface area (TPSA) is 54.0 Å². The molecular weight excluding hydrogens is 292 g/mol. The minimum absolute atomic E-state index is 0.0793. The lowest BCUT2D eigenvalue weighted by atomic mass is 10.00. The molecule has 0 saturated heterocycles. The Bertz CT molecular complexity index is 461. The summed E-state index contributed by atoms with van der Waals surface area (Å²) in [4.78, 5) is 11.9. The van der Waals surface area contributed by atoms with Crippen LogP contribution in [0.2, 0.25) is 0 Å². The molecule has 0 fully saturated rings. The van der Waals surface area contributed by atoms with Crippen molar-refractivity contribution in [3.8, 4) is 5.75 Å². The predicted octanol–water partition coefficient (Wildman–Crippen LogP) is 3.04. The number of esters is 1. The van der Waals surface area contributed by atoms with Gasteiger partial charge in [0.05, 0.1) is 18.8 Å². The summed E-state index contributed by atoms with van der Waals surface area (Å²) in [6, 6.07) is 5.43. The Morgan fingerprint density at radius 1 is 1.38 bits per heavy atom. The maximum Gasteiger partial charge on any atom is 0.338 e. The Labute approximate surface area is 129 Å². The Hall–Kier alpha value is -1.50. The first-order valence-electron chi connectivity index (χ1n) is 6.41. The minimum Gasteiger partial charge on any atom is -0.467 e. The Morgan fingerprint density at radius 3 is 2.76 bits per heavy atom. The number of carbonyl (C=O) groups is 1. The summed E-state index contributed by atoms with van der Waals surface area (Å²) in [5.74, 6) is 0.0356. The fourth-order valence-corrected chi connectivity index (χ4v) is 1.97. The van der Waals surface area contributed by atoms with Crippen LogP contribution in [0.3, 0.4) is 0 Å². The Morgan fingerprint density at radius 2 is 2.14 bits per heavy atom. The monoisotopic (exact) mass is 312 g/mol. The van der Waals surface area contributed by atoms with E-state index >= 15 is 0 Å². The van der Waals surface area contributed by atoms with E-state index in [0.29, 0.717) is 17.9 Å². The zero-order valence-corrected chi connectivity index (χ0v) is 13.3.